The molecule has 5 aromatic rings. The van der Waals surface area contributed by atoms with Crippen LogP contribution in [0, 0.1) is 0 Å². The molecule has 0 spiro atoms. The van der Waals surface area contributed by atoms with Crippen LogP contribution in [0.25, 0.3) is 10.9 Å². The Morgan fingerprint density at radius 1 is 0.921 bits per heavy atom. The predicted molar refractivity (Wildman–Crippen MR) is 157 cm³/mol. The summed E-state index contributed by atoms with van der Waals surface area (Å²) in [6.45, 7) is 1.20. The minimum Gasteiger partial charge on any atom is -0.350 e. The molecule has 0 fully saturated rings. The number of hydrogen-bond donors (Lipinski definition) is 2. The number of aromatic nitrogens is 4. The van der Waals surface area contributed by atoms with Gasteiger partial charge in [0.05, 0.1) is 6.21 Å². The molecule has 0 bridgehead atoms. The number of fused-ring (bicyclic) bond motifs is 1. The predicted octanol–water partition coefficient (Wildman–Crippen LogP) is 6.31. The van der Waals surface area contributed by atoms with Crippen LogP contribution < -0.4 is 15.6 Å². The van der Waals surface area contributed by atoms with E-state index in [4.69, 9.17) is 23.2 Å². The summed E-state index contributed by atoms with van der Waals surface area (Å²) >= 11 is 12.5. The number of nitrogens with one attached hydrogen (secondary N) is 2. The lowest BCUT2D eigenvalue weighted by molar-refractivity contribution is 0.836. The quantitative estimate of drug-likeness (QED) is 0.167. The van der Waals surface area contributed by atoms with E-state index in [0.717, 1.165) is 27.6 Å². The number of nitrogens with zero attached hydrogens (tertiary/aromatic N) is 6. The highest BCUT2D eigenvalue weighted by Gasteiger charge is 2.11. The first kappa shape index (κ1) is 25.5. The van der Waals surface area contributed by atoms with Crippen LogP contribution >= 0.6 is 23.2 Å². The van der Waals surface area contributed by atoms with Crippen LogP contribution in [0.5, 0.6) is 0 Å². The van der Waals surface area contributed by atoms with Gasteiger partial charge in [-0.2, -0.15) is 20.1 Å². The minimum atomic E-state index is 0.340. The Balaban J connectivity index is 1.36. The molecule has 0 aliphatic carbocycles. The largest absolute Gasteiger partial charge is 0.350 e. The van der Waals surface area contributed by atoms with Crippen molar-refractivity contribution >= 4 is 58.2 Å². The van der Waals surface area contributed by atoms with E-state index >= 15 is 0 Å². The van der Waals surface area contributed by atoms with Crippen LogP contribution in [0.3, 0.4) is 0 Å². The van der Waals surface area contributed by atoms with E-state index in [2.05, 4.69) is 47.5 Å². The zero-order valence-electron chi connectivity index (χ0n) is 20.9. The fourth-order valence-corrected chi connectivity index (χ4v) is 4.44. The molecule has 8 nitrogen and oxygen atoms in total. The van der Waals surface area contributed by atoms with E-state index in [0.29, 0.717) is 41.0 Å². The maximum Gasteiger partial charge on any atom is 0.250 e. The molecule has 192 valence electrons. The third-order valence-corrected chi connectivity index (χ3v) is 6.45. The van der Waals surface area contributed by atoms with Crippen LogP contribution in [0.15, 0.2) is 84.1 Å². The van der Waals surface area contributed by atoms with Gasteiger partial charge in [0.2, 0.25) is 17.8 Å². The lowest BCUT2D eigenvalue weighted by Crippen LogP contribution is -2.16. The SMILES string of the molecule is CN(C)c1nc(NCc2ccccc2)nc(N/N=C\c2cn(Cc3ccc(Cl)cc3Cl)c3ccccc23)n1. The normalized spacial score (nSPS) is 11.3. The Kier molecular flexibility index (Phi) is 7.72. The van der Waals surface area contributed by atoms with Gasteiger partial charge in [0.25, 0.3) is 0 Å². The Hall–Kier alpha value is -4.14. The maximum absolute atomic E-state index is 6.43. The first-order chi connectivity index (χ1) is 18.5. The zero-order valence-corrected chi connectivity index (χ0v) is 22.4. The van der Waals surface area contributed by atoms with Gasteiger partial charge < -0.3 is 14.8 Å². The van der Waals surface area contributed by atoms with Crippen molar-refractivity contribution < 1.29 is 0 Å². The van der Waals surface area contributed by atoms with Gasteiger partial charge in [-0.15, -0.1) is 0 Å². The van der Waals surface area contributed by atoms with E-state index < -0.39 is 0 Å². The number of hydrazone groups is 1. The summed E-state index contributed by atoms with van der Waals surface area (Å²) in [6.07, 6.45) is 3.81. The van der Waals surface area contributed by atoms with Crippen molar-refractivity contribution in [1.82, 2.24) is 19.5 Å². The molecule has 0 saturated carbocycles. The number of anilines is 3. The number of rotatable bonds is 9. The third kappa shape index (κ3) is 6.04. The highest BCUT2D eigenvalue weighted by atomic mass is 35.5. The minimum absolute atomic E-state index is 0.340. The Morgan fingerprint density at radius 2 is 1.68 bits per heavy atom. The molecule has 0 amide bonds. The third-order valence-electron chi connectivity index (χ3n) is 5.86. The van der Waals surface area contributed by atoms with Gasteiger partial charge in [0.15, 0.2) is 0 Å². The van der Waals surface area contributed by atoms with Crippen molar-refractivity contribution in [2.75, 3.05) is 29.7 Å². The van der Waals surface area contributed by atoms with E-state index in [1.807, 2.05) is 79.8 Å². The highest BCUT2D eigenvalue weighted by Crippen LogP contribution is 2.26. The maximum atomic E-state index is 6.43. The summed E-state index contributed by atoms with van der Waals surface area (Å²) in [7, 11) is 3.76. The van der Waals surface area contributed by atoms with Crippen molar-refractivity contribution in [3.63, 3.8) is 0 Å². The Labute approximate surface area is 231 Å². The molecule has 0 aliphatic rings. The molecule has 38 heavy (non-hydrogen) atoms. The van der Waals surface area contributed by atoms with Crippen molar-refractivity contribution in [3.8, 4) is 0 Å². The van der Waals surface area contributed by atoms with Gasteiger partial charge in [-0.25, -0.2) is 5.43 Å². The summed E-state index contributed by atoms with van der Waals surface area (Å²) in [5.74, 6) is 1.32. The smallest absolute Gasteiger partial charge is 0.250 e. The second kappa shape index (κ2) is 11.5. The van der Waals surface area contributed by atoms with Gasteiger partial charge in [-0.05, 0) is 29.3 Å². The standard InChI is InChI=1S/C28H26Cl2N8/c1-37(2)28-34-26(31-15-19-8-4-3-5-9-19)33-27(35-28)36-32-16-21-18-38(25-11-7-6-10-23(21)25)17-20-12-13-22(29)14-24(20)30/h3-14,16,18H,15,17H2,1-2H3,(H2,31,33,34,35,36)/b32-16-. The van der Waals surface area contributed by atoms with Crippen molar-refractivity contribution in [2.45, 2.75) is 13.1 Å². The Morgan fingerprint density at radius 3 is 2.47 bits per heavy atom. The van der Waals surface area contributed by atoms with Gasteiger partial charge >= 0.3 is 0 Å². The van der Waals surface area contributed by atoms with E-state index in [1.54, 1.807) is 12.3 Å². The molecule has 2 aromatic heterocycles. The molecule has 2 N–H and O–H groups in total. The average Bonchev–Trinajstić information content (AvgIpc) is 3.27. The molecular weight excluding hydrogens is 519 g/mol. The number of benzene rings is 3. The topological polar surface area (TPSA) is 83.3 Å². The summed E-state index contributed by atoms with van der Waals surface area (Å²) in [5.41, 5.74) is 7.09. The molecule has 5 rings (SSSR count). The van der Waals surface area contributed by atoms with Gasteiger partial charge in [0.1, 0.15) is 0 Å². The second-order valence-electron chi connectivity index (χ2n) is 8.85. The molecule has 0 unspecified atom stereocenters. The van der Waals surface area contributed by atoms with Crippen LogP contribution in [-0.2, 0) is 13.1 Å². The molecule has 2 heterocycles. The summed E-state index contributed by atoms with van der Waals surface area (Å²) in [4.78, 5) is 15.3. The lowest BCUT2D eigenvalue weighted by Gasteiger charge is -2.13. The van der Waals surface area contributed by atoms with Gasteiger partial charge in [-0.3, -0.25) is 0 Å². The van der Waals surface area contributed by atoms with Gasteiger partial charge in [-0.1, -0.05) is 77.8 Å². The monoisotopic (exact) mass is 544 g/mol. The number of para-hydroxylation sites is 1. The average molecular weight is 545 g/mol. The van der Waals surface area contributed by atoms with Crippen LogP contribution in [0.4, 0.5) is 17.8 Å². The highest BCUT2D eigenvalue weighted by molar-refractivity contribution is 6.35. The molecule has 3 aromatic carbocycles. The second-order valence-corrected chi connectivity index (χ2v) is 9.70. The van der Waals surface area contributed by atoms with Crippen LogP contribution in [-0.4, -0.2) is 39.8 Å². The molecule has 0 saturated heterocycles. The summed E-state index contributed by atoms with van der Waals surface area (Å²) in [5, 5.41) is 10.0. The van der Waals surface area contributed by atoms with Crippen molar-refractivity contribution in [2.24, 2.45) is 5.10 Å². The molecule has 0 radical (unpaired) electrons. The number of halogens is 2. The molecule has 0 atom stereocenters. The summed E-state index contributed by atoms with van der Waals surface area (Å²) in [6, 6.07) is 23.8. The summed E-state index contributed by atoms with van der Waals surface area (Å²) < 4.78 is 2.14. The fourth-order valence-electron chi connectivity index (χ4n) is 3.97. The zero-order chi connectivity index (χ0) is 26.5. The lowest BCUT2D eigenvalue weighted by atomic mass is 10.2. The van der Waals surface area contributed by atoms with Gasteiger partial charge in [0, 0.05) is 59.9 Å². The van der Waals surface area contributed by atoms with Crippen LogP contribution in [0.2, 0.25) is 10.0 Å². The first-order valence-corrected chi connectivity index (χ1v) is 12.7. The van der Waals surface area contributed by atoms with E-state index in [9.17, 15) is 0 Å². The van der Waals surface area contributed by atoms with E-state index in [-0.39, 0.29) is 0 Å². The Bertz CT molecular complexity index is 1580. The van der Waals surface area contributed by atoms with Crippen molar-refractivity contribution in [1.29, 1.82) is 0 Å². The fraction of sp³-hybridized carbons (Fsp3) is 0.143. The van der Waals surface area contributed by atoms with E-state index in [1.165, 1.54) is 0 Å². The molecule has 10 heteroatoms. The molecular formula is C28H26Cl2N8. The van der Waals surface area contributed by atoms with Crippen LogP contribution in [0.1, 0.15) is 16.7 Å². The molecule has 0 aliphatic heterocycles. The number of hydrogen-bond acceptors (Lipinski definition) is 7. The first-order valence-electron chi connectivity index (χ1n) is 12.0. The van der Waals surface area contributed by atoms with Crippen molar-refractivity contribution in [3.05, 3.63) is 106 Å².